The number of carbonyl (C=O) groups excluding carboxylic acids is 1. The van der Waals surface area contributed by atoms with Gasteiger partial charge in [-0.3, -0.25) is 10.2 Å². The fourth-order valence-electron chi connectivity index (χ4n) is 0.0818. The number of halogens is 3. The largest absolute Gasteiger partial charge is 0.292 e. The van der Waals surface area contributed by atoms with Gasteiger partial charge >= 0.3 is 0 Å². The van der Waals surface area contributed by atoms with Gasteiger partial charge in [0, 0.05) is 0 Å². The van der Waals surface area contributed by atoms with Crippen LogP contribution in [0.4, 0.5) is 0 Å². The molecule has 0 aliphatic carbocycles. The van der Waals surface area contributed by atoms with E-state index < -0.39 is 8.05 Å². The van der Waals surface area contributed by atoms with Gasteiger partial charge < -0.3 is 0 Å². The maximum atomic E-state index is 10.5. The summed E-state index contributed by atoms with van der Waals surface area (Å²) in [5.41, 5.74) is 1.93. The van der Waals surface area contributed by atoms with Crippen molar-refractivity contribution in [1.29, 1.82) is 0 Å². The second-order valence-corrected chi connectivity index (χ2v) is 7.73. The maximum absolute atomic E-state index is 10.5. The van der Waals surface area contributed by atoms with E-state index in [0.29, 0.717) is 0 Å². The molecule has 0 aromatic rings. The first-order chi connectivity index (χ1) is 3.48. The Morgan fingerprint density at radius 2 is 1.88 bits per heavy atom. The van der Waals surface area contributed by atoms with Gasteiger partial charge in [0.15, 0.2) is 0 Å². The minimum atomic E-state index is -0.929. The van der Waals surface area contributed by atoms with Gasteiger partial charge in [0.05, 0.1) is 0 Å². The second kappa shape index (κ2) is 3.14. The van der Waals surface area contributed by atoms with Crippen molar-refractivity contribution in [3.8, 4) is 0 Å². The molecule has 0 aromatic heterocycles. The molecule has 0 spiro atoms. The zero-order valence-corrected chi connectivity index (χ0v) is 8.38. The third-order valence-electron chi connectivity index (χ3n) is 0.389. The first kappa shape index (κ1) is 8.87. The summed E-state index contributed by atoms with van der Waals surface area (Å²) in [4.78, 5) is 10.5. The fraction of sp³-hybridized carbons (Fsp3) is 0.500. The monoisotopic (exact) mass is 308 g/mol. The summed E-state index contributed by atoms with van der Waals surface area (Å²) in [6, 6.07) is 0. The Kier molecular flexibility index (Phi) is 3.49. The Morgan fingerprint density at radius 3 is 1.88 bits per heavy atom. The number of amides is 1. The van der Waals surface area contributed by atoms with E-state index in [0.717, 1.165) is 0 Å². The first-order valence-electron chi connectivity index (χ1n) is 1.56. The van der Waals surface area contributed by atoms with Crippen LogP contribution in [-0.4, -0.2) is 8.05 Å². The van der Waals surface area contributed by atoms with Gasteiger partial charge in [-0.1, -0.05) is 0 Å². The summed E-state index contributed by atoms with van der Waals surface area (Å²) in [7, 11) is 0. The van der Waals surface area contributed by atoms with Crippen LogP contribution in [0.5, 0.6) is 0 Å². The second-order valence-electron chi connectivity index (χ2n) is 0.971. The standard InChI is InChI=1S/C2H3Br3N2O/c3-2(4,5)1(8)7-6/h6H2,(H,7,8). The van der Waals surface area contributed by atoms with Crippen molar-refractivity contribution in [3.05, 3.63) is 0 Å². The summed E-state index contributed by atoms with van der Waals surface area (Å²) in [6.07, 6.45) is 0. The molecule has 0 heterocycles. The zero-order valence-electron chi connectivity index (χ0n) is 3.62. The van der Waals surface area contributed by atoms with E-state index in [1.54, 1.807) is 0 Å². The van der Waals surface area contributed by atoms with E-state index >= 15 is 0 Å². The van der Waals surface area contributed by atoms with E-state index in [9.17, 15) is 4.79 Å². The Bertz CT molecular complexity index is 97.9. The summed E-state index contributed by atoms with van der Waals surface area (Å²) in [6.45, 7) is 0. The highest BCUT2D eigenvalue weighted by molar-refractivity contribution is 9.40. The third kappa shape index (κ3) is 3.01. The molecule has 0 saturated heterocycles. The van der Waals surface area contributed by atoms with E-state index in [-0.39, 0.29) is 0 Å². The maximum Gasteiger partial charge on any atom is 0.272 e. The summed E-state index contributed by atoms with van der Waals surface area (Å²) in [5, 5.41) is 0. The minimum absolute atomic E-state index is 0.391. The number of hydrogen-bond acceptors (Lipinski definition) is 2. The molecule has 0 aromatic carbocycles. The molecule has 0 aliphatic heterocycles. The highest BCUT2D eigenvalue weighted by Gasteiger charge is 2.27. The van der Waals surface area contributed by atoms with E-state index in [2.05, 4.69) is 47.8 Å². The average Bonchev–Trinajstić information content (AvgIpc) is 1.62. The molecule has 0 bridgehead atoms. The number of rotatable bonds is 0. The first-order valence-corrected chi connectivity index (χ1v) is 3.94. The van der Waals surface area contributed by atoms with Crippen molar-refractivity contribution in [1.82, 2.24) is 5.43 Å². The highest BCUT2D eigenvalue weighted by Crippen LogP contribution is 2.32. The molecule has 0 aliphatic rings. The lowest BCUT2D eigenvalue weighted by atomic mass is 10.8. The number of carbonyl (C=O) groups is 1. The predicted octanol–water partition coefficient (Wildman–Crippen LogP) is 0.815. The number of hydrazine groups is 1. The van der Waals surface area contributed by atoms with Crippen LogP contribution in [0.15, 0.2) is 0 Å². The minimum Gasteiger partial charge on any atom is -0.292 e. The molecule has 48 valence electrons. The van der Waals surface area contributed by atoms with Crippen LogP contribution in [0, 0.1) is 0 Å². The van der Waals surface area contributed by atoms with Gasteiger partial charge in [-0.15, -0.1) is 0 Å². The molecule has 1 amide bonds. The molecular weight excluding hydrogens is 308 g/mol. The Hall–Kier alpha value is 0.870. The van der Waals surface area contributed by atoms with Crippen molar-refractivity contribution < 1.29 is 4.79 Å². The topological polar surface area (TPSA) is 55.1 Å². The smallest absolute Gasteiger partial charge is 0.272 e. The van der Waals surface area contributed by atoms with Gasteiger partial charge in [-0.2, -0.15) is 0 Å². The van der Waals surface area contributed by atoms with Gasteiger partial charge in [0.25, 0.3) is 5.91 Å². The molecule has 3 N–H and O–H groups in total. The molecule has 3 nitrogen and oxygen atoms in total. The summed E-state index contributed by atoms with van der Waals surface area (Å²) >= 11 is 8.84. The van der Waals surface area contributed by atoms with E-state index in [1.807, 2.05) is 5.43 Å². The van der Waals surface area contributed by atoms with E-state index in [1.165, 1.54) is 0 Å². The number of nitrogens with one attached hydrogen (secondary N) is 1. The van der Waals surface area contributed by atoms with Crippen LogP contribution >= 0.6 is 47.8 Å². The van der Waals surface area contributed by atoms with Crippen LogP contribution in [0.3, 0.4) is 0 Å². The normalized spacial score (nSPS) is 11.0. The molecule has 0 saturated carbocycles. The lowest BCUT2D eigenvalue weighted by molar-refractivity contribution is -0.119. The van der Waals surface area contributed by atoms with Gasteiger partial charge in [-0.25, -0.2) is 5.84 Å². The van der Waals surface area contributed by atoms with Crippen LogP contribution < -0.4 is 11.3 Å². The molecule has 0 unspecified atom stereocenters. The Morgan fingerprint density at radius 1 is 1.50 bits per heavy atom. The quantitative estimate of drug-likeness (QED) is 0.301. The lowest BCUT2D eigenvalue weighted by Gasteiger charge is -2.07. The molecular formula is C2H3Br3N2O. The van der Waals surface area contributed by atoms with Crippen LogP contribution in [0.1, 0.15) is 0 Å². The van der Waals surface area contributed by atoms with Crippen molar-refractivity contribution in [3.63, 3.8) is 0 Å². The van der Waals surface area contributed by atoms with Crippen LogP contribution in [0.25, 0.3) is 0 Å². The average molecular weight is 311 g/mol. The van der Waals surface area contributed by atoms with E-state index in [4.69, 9.17) is 5.84 Å². The predicted molar refractivity (Wildman–Crippen MR) is 41.8 cm³/mol. The number of hydrogen-bond donors (Lipinski definition) is 2. The molecule has 0 radical (unpaired) electrons. The zero-order chi connectivity index (χ0) is 6.78. The molecule has 0 atom stereocenters. The van der Waals surface area contributed by atoms with Crippen molar-refractivity contribution in [2.75, 3.05) is 0 Å². The van der Waals surface area contributed by atoms with Gasteiger partial charge in [-0.05, 0) is 47.8 Å². The highest BCUT2D eigenvalue weighted by atomic mass is 80.0. The van der Waals surface area contributed by atoms with Crippen LogP contribution in [-0.2, 0) is 4.79 Å². The van der Waals surface area contributed by atoms with Crippen molar-refractivity contribution >= 4 is 53.7 Å². The van der Waals surface area contributed by atoms with Crippen molar-refractivity contribution in [2.24, 2.45) is 5.84 Å². The molecule has 6 heteroatoms. The Labute approximate surface area is 71.7 Å². The molecule has 0 rings (SSSR count). The number of nitrogens with two attached hydrogens (primary N) is 1. The SMILES string of the molecule is NNC(=O)C(Br)(Br)Br. The summed E-state index contributed by atoms with van der Waals surface area (Å²) in [5.74, 6) is 4.38. The van der Waals surface area contributed by atoms with Crippen molar-refractivity contribution in [2.45, 2.75) is 2.14 Å². The molecule has 8 heavy (non-hydrogen) atoms. The molecule has 0 fully saturated rings. The lowest BCUT2D eigenvalue weighted by Crippen LogP contribution is -2.38. The fourth-order valence-corrected chi connectivity index (χ4v) is 0.425. The van der Waals surface area contributed by atoms with Gasteiger partial charge in [0.2, 0.25) is 2.14 Å². The van der Waals surface area contributed by atoms with Crippen LogP contribution in [0.2, 0.25) is 0 Å². The third-order valence-corrected chi connectivity index (χ3v) is 1.47. The number of alkyl halides is 3. The summed E-state index contributed by atoms with van der Waals surface area (Å²) < 4.78 is -0.929. The van der Waals surface area contributed by atoms with Gasteiger partial charge in [0.1, 0.15) is 0 Å². The Balaban J connectivity index is 3.82.